The van der Waals surface area contributed by atoms with Crippen molar-refractivity contribution < 1.29 is 23.1 Å². The number of carbonyl (C=O) groups is 1. The number of hydrogen-bond acceptors (Lipinski definition) is 5. The smallest absolute Gasteiger partial charge is 0.250 e. The van der Waals surface area contributed by atoms with Crippen molar-refractivity contribution in [2.24, 2.45) is 0 Å². The van der Waals surface area contributed by atoms with Gasteiger partial charge in [0.05, 0.1) is 25.0 Å². The number of nitrogens with zero attached hydrogens (tertiary/aromatic N) is 2. The lowest BCUT2D eigenvalue weighted by atomic mass is 10.1. The lowest BCUT2D eigenvalue weighted by molar-refractivity contribution is -0.117. The lowest BCUT2D eigenvalue weighted by Crippen LogP contribution is -2.36. The fourth-order valence-corrected chi connectivity index (χ4v) is 3.76. The second kappa shape index (κ2) is 9.54. The van der Waals surface area contributed by atoms with Gasteiger partial charge in [-0.3, -0.25) is 4.79 Å². The number of oxazole rings is 1. The minimum absolute atomic E-state index is 0.144. The molecule has 1 unspecified atom stereocenters. The maximum atomic E-state index is 14.2. The van der Waals surface area contributed by atoms with Crippen molar-refractivity contribution in [2.75, 3.05) is 25.2 Å². The molecule has 0 saturated carbocycles. The number of anilines is 1. The van der Waals surface area contributed by atoms with Crippen molar-refractivity contribution in [3.8, 4) is 5.75 Å². The van der Waals surface area contributed by atoms with Crippen molar-refractivity contribution in [3.05, 3.63) is 77.3 Å². The predicted octanol–water partition coefficient (Wildman–Crippen LogP) is 4.84. The van der Waals surface area contributed by atoms with Crippen LogP contribution in [0.25, 0.3) is 11.6 Å². The van der Waals surface area contributed by atoms with Gasteiger partial charge in [-0.2, -0.15) is 0 Å². The Morgan fingerprint density at radius 3 is 2.78 bits per heavy atom. The van der Waals surface area contributed by atoms with Gasteiger partial charge in [-0.25, -0.2) is 9.37 Å². The molecule has 0 saturated heterocycles. The van der Waals surface area contributed by atoms with Gasteiger partial charge < -0.3 is 18.8 Å². The maximum Gasteiger partial charge on any atom is 0.250 e. The zero-order valence-electron chi connectivity index (χ0n) is 17.7. The third-order valence-corrected chi connectivity index (χ3v) is 5.63. The van der Waals surface area contributed by atoms with Crippen LogP contribution in [-0.4, -0.2) is 36.6 Å². The number of aromatic nitrogens is 1. The van der Waals surface area contributed by atoms with Crippen molar-refractivity contribution in [2.45, 2.75) is 18.8 Å². The monoisotopic (exact) mass is 456 g/mol. The third-order valence-electron chi connectivity index (χ3n) is 5.21. The number of carbonyl (C=O) groups excluding carboxylic acids is 1. The maximum absolute atomic E-state index is 14.2. The number of fused-ring (bicyclic) bond motifs is 1. The number of amides is 1. The Hall–Kier alpha value is -3.16. The quantitative estimate of drug-likeness (QED) is 0.376. The highest BCUT2D eigenvalue weighted by molar-refractivity contribution is 6.40. The Kier molecular flexibility index (Phi) is 6.58. The molecule has 1 aromatic heterocycles. The SMILES string of the molecule is COCCOc1ccc2c(c1)N(Cc1ccc(C)c(F)c1)C(=O)C(Cl)C(c1cnco1)=C2. The van der Waals surface area contributed by atoms with E-state index in [-0.39, 0.29) is 18.3 Å². The van der Waals surface area contributed by atoms with Crippen LogP contribution in [0.2, 0.25) is 0 Å². The van der Waals surface area contributed by atoms with Crippen LogP contribution in [-0.2, 0) is 16.1 Å². The second-order valence-electron chi connectivity index (χ2n) is 7.40. The summed E-state index contributed by atoms with van der Waals surface area (Å²) in [6.45, 7) is 2.63. The Bertz CT molecular complexity index is 1150. The predicted molar refractivity (Wildman–Crippen MR) is 120 cm³/mol. The van der Waals surface area contributed by atoms with E-state index in [1.165, 1.54) is 18.7 Å². The number of rotatable bonds is 7. The Morgan fingerprint density at radius 2 is 2.06 bits per heavy atom. The van der Waals surface area contributed by atoms with Crippen LogP contribution in [0.3, 0.4) is 0 Å². The molecule has 166 valence electrons. The highest BCUT2D eigenvalue weighted by Gasteiger charge is 2.33. The van der Waals surface area contributed by atoms with Crippen molar-refractivity contribution in [3.63, 3.8) is 0 Å². The minimum atomic E-state index is -1.01. The average molecular weight is 457 g/mol. The van der Waals surface area contributed by atoms with Crippen LogP contribution in [0.15, 0.2) is 53.4 Å². The van der Waals surface area contributed by atoms with Gasteiger partial charge >= 0.3 is 0 Å². The van der Waals surface area contributed by atoms with Gasteiger partial charge in [0.2, 0.25) is 5.91 Å². The Morgan fingerprint density at radius 1 is 1.22 bits per heavy atom. The van der Waals surface area contributed by atoms with Crippen LogP contribution in [0, 0.1) is 12.7 Å². The van der Waals surface area contributed by atoms with E-state index in [1.807, 2.05) is 12.1 Å². The largest absolute Gasteiger partial charge is 0.491 e. The molecule has 3 aromatic rings. The molecule has 0 spiro atoms. The molecular formula is C24H22ClFN2O4. The van der Waals surface area contributed by atoms with Crippen molar-refractivity contribution >= 4 is 34.8 Å². The molecule has 0 radical (unpaired) electrons. The number of aryl methyl sites for hydroxylation is 1. The topological polar surface area (TPSA) is 64.8 Å². The fraction of sp³-hybridized carbons (Fsp3) is 0.250. The summed E-state index contributed by atoms with van der Waals surface area (Å²) >= 11 is 6.61. The normalized spacial score (nSPS) is 15.9. The Labute approximate surface area is 190 Å². The summed E-state index contributed by atoms with van der Waals surface area (Å²) in [4.78, 5) is 19.0. The van der Waals surface area contributed by atoms with Crippen LogP contribution in [0.1, 0.15) is 22.5 Å². The first-order chi connectivity index (χ1) is 15.5. The van der Waals surface area contributed by atoms with E-state index >= 15 is 0 Å². The van der Waals surface area contributed by atoms with Gasteiger partial charge in [-0.05, 0) is 47.9 Å². The third kappa shape index (κ3) is 4.54. The lowest BCUT2D eigenvalue weighted by Gasteiger charge is -2.25. The fourth-order valence-electron chi connectivity index (χ4n) is 3.48. The van der Waals surface area contributed by atoms with Gasteiger partial charge in [0.15, 0.2) is 12.2 Å². The van der Waals surface area contributed by atoms with Crippen molar-refractivity contribution in [1.82, 2.24) is 4.98 Å². The molecule has 2 aromatic carbocycles. The highest BCUT2D eigenvalue weighted by atomic mass is 35.5. The van der Waals surface area contributed by atoms with E-state index in [2.05, 4.69) is 4.98 Å². The van der Waals surface area contributed by atoms with Gasteiger partial charge in [0, 0.05) is 18.7 Å². The minimum Gasteiger partial charge on any atom is -0.491 e. The van der Waals surface area contributed by atoms with E-state index in [4.69, 9.17) is 25.5 Å². The summed E-state index contributed by atoms with van der Waals surface area (Å²) in [7, 11) is 1.60. The molecule has 1 aliphatic rings. The van der Waals surface area contributed by atoms with Crippen molar-refractivity contribution in [1.29, 1.82) is 0 Å². The highest BCUT2D eigenvalue weighted by Crippen LogP contribution is 2.38. The molecule has 6 nitrogen and oxygen atoms in total. The zero-order valence-corrected chi connectivity index (χ0v) is 18.4. The van der Waals surface area contributed by atoms with Crippen LogP contribution < -0.4 is 9.64 Å². The van der Waals surface area contributed by atoms with E-state index < -0.39 is 5.38 Å². The first-order valence-corrected chi connectivity index (χ1v) is 10.5. The first-order valence-electron chi connectivity index (χ1n) is 10.0. The number of methoxy groups -OCH3 is 1. The molecule has 32 heavy (non-hydrogen) atoms. The van der Waals surface area contributed by atoms with E-state index in [0.29, 0.717) is 47.1 Å². The summed E-state index contributed by atoms with van der Waals surface area (Å²) in [5, 5.41) is -1.01. The number of hydrogen-bond donors (Lipinski definition) is 0. The van der Waals surface area contributed by atoms with Gasteiger partial charge in [-0.1, -0.05) is 12.1 Å². The molecular weight excluding hydrogens is 435 g/mol. The number of alkyl halides is 1. The molecule has 8 heteroatoms. The number of benzene rings is 2. The molecule has 1 aliphatic heterocycles. The standard InChI is InChI=1S/C24H22ClFN2O4/c1-15-3-4-16(9-20(15)26)13-28-21-11-18(31-8-7-30-2)6-5-17(21)10-19(23(25)24(28)29)22-12-27-14-32-22/h3-6,9-12,14,23H,7-8,13H2,1-2H3. The van der Waals surface area contributed by atoms with E-state index in [9.17, 15) is 9.18 Å². The van der Waals surface area contributed by atoms with Crippen LogP contribution in [0.5, 0.6) is 5.75 Å². The summed E-state index contributed by atoms with van der Waals surface area (Å²) in [6, 6.07) is 10.3. The zero-order chi connectivity index (χ0) is 22.7. The van der Waals surface area contributed by atoms with E-state index in [1.54, 1.807) is 43.2 Å². The molecule has 2 heterocycles. The molecule has 0 N–H and O–H groups in total. The van der Waals surface area contributed by atoms with Crippen LogP contribution >= 0.6 is 11.6 Å². The summed E-state index contributed by atoms with van der Waals surface area (Å²) in [5.74, 6) is 0.303. The molecule has 1 amide bonds. The van der Waals surface area contributed by atoms with Gasteiger partial charge in [0.1, 0.15) is 23.6 Å². The average Bonchev–Trinajstić information content (AvgIpc) is 3.30. The van der Waals surface area contributed by atoms with Gasteiger partial charge in [-0.15, -0.1) is 11.6 Å². The molecule has 4 rings (SSSR count). The van der Waals surface area contributed by atoms with Gasteiger partial charge in [0.25, 0.3) is 0 Å². The summed E-state index contributed by atoms with van der Waals surface area (Å²) < 4.78 is 30.4. The Balaban J connectivity index is 1.77. The number of ether oxygens (including phenoxy) is 2. The summed E-state index contributed by atoms with van der Waals surface area (Å²) in [5.41, 5.74) is 3.03. The van der Waals surface area contributed by atoms with Crippen LogP contribution in [0.4, 0.5) is 10.1 Å². The molecule has 0 bridgehead atoms. The van der Waals surface area contributed by atoms with E-state index in [0.717, 1.165) is 5.56 Å². The molecule has 0 fully saturated rings. The first kappa shape index (κ1) is 22.0. The number of halogens is 2. The molecule has 1 atom stereocenters. The summed E-state index contributed by atoms with van der Waals surface area (Å²) in [6.07, 6.45) is 4.61. The second-order valence-corrected chi connectivity index (χ2v) is 7.83. The molecule has 0 aliphatic carbocycles.